The van der Waals surface area contributed by atoms with Crippen LogP contribution in [0.25, 0.3) is 0 Å². The van der Waals surface area contributed by atoms with Gasteiger partial charge in [-0.2, -0.15) is 26.3 Å². The lowest BCUT2D eigenvalue weighted by Crippen LogP contribution is -2.19. The Kier molecular flexibility index (Phi) is 6.04. The predicted molar refractivity (Wildman–Crippen MR) is 70.1 cm³/mol. The summed E-state index contributed by atoms with van der Waals surface area (Å²) in [5, 5.41) is 1.12. The van der Waals surface area contributed by atoms with Gasteiger partial charge in [-0.15, -0.1) is 0 Å². The lowest BCUT2D eigenvalue weighted by atomic mass is 10.0. The molecule has 0 aliphatic rings. The molecule has 1 rings (SSSR count). The van der Waals surface area contributed by atoms with Gasteiger partial charge in [0, 0.05) is 5.69 Å². The summed E-state index contributed by atoms with van der Waals surface area (Å²) < 4.78 is 74.7. The Hall–Kier alpha value is -1.77. The fraction of sp³-hybridized carbons (Fsp3) is 0.385. The first kappa shape index (κ1) is 19.3. The molecule has 0 bridgehead atoms. The third-order valence-corrected chi connectivity index (χ3v) is 2.70. The van der Waals surface area contributed by atoms with Gasteiger partial charge in [-0.25, -0.2) is 0 Å². The molecule has 1 amide bonds. The average molecular weight is 362 g/mol. The van der Waals surface area contributed by atoms with E-state index in [9.17, 15) is 35.9 Å². The average Bonchev–Trinajstić information content (AvgIpc) is 2.27. The largest absolute Gasteiger partial charge is 0.393 e. The van der Waals surface area contributed by atoms with Crippen LogP contribution in [0.5, 0.6) is 0 Å². The third kappa shape index (κ3) is 7.87. The molecule has 23 heavy (non-hydrogen) atoms. The minimum Gasteiger partial charge on any atom is -0.326 e. The van der Waals surface area contributed by atoms with Crippen molar-refractivity contribution in [1.29, 1.82) is 0 Å². The zero-order chi connectivity index (χ0) is 17.8. The van der Waals surface area contributed by atoms with Gasteiger partial charge in [-0.05, 0) is 34.9 Å². The number of nitrogens with one attached hydrogen (secondary N) is 1. The van der Waals surface area contributed by atoms with Gasteiger partial charge in [0.1, 0.15) is 6.42 Å². The number of halogens is 7. The van der Waals surface area contributed by atoms with Crippen LogP contribution < -0.4 is 5.32 Å². The summed E-state index contributed by atoms with van der Waals surface area (Å²) in [7, 11) is 0. The van der Waals surface area contributed by atoms with Gasteiger partial charge in [0.15, 0.2) is 0 Å². The molecule has 1 aromatic rings. The van der Waals surface area contributed by atoms with E-state index in [1.807, 2.05) is 0 Å². The smallest absolute Gasteiger partial charge is 0.326 e. The Bertz CT molecular complexity index is 597. The van der Waals surface area contributed by atoms with E-state index in [1.165, 1.54) is 0 Å². The fourth-order valence-electron chi connectivity index (χ4n) is 1.80. The first-order chi connectivity index (χ1) is 10.4. The summed E-state index contributed by atoms with van der Waals surface area (Å²) in [6.07, 6.45) is -13.2. The Morgan fingerprint density at radius 1 is 0.957 bits per heavy atom. The number of carbonyl (C=O) groups excluding carboxylic acids is 2. The molecule has 0 spiro atoms. The van der Waals surface area contributed by atoms with E-state index in [0.29, 0.717) is 0 Å². The van der Waals surface area contributed by atoms with Gasteiger partial charge in [-0.3, -0.25) is 9.59 Å². The minimum atomic E-state index is -4.71. The summed E-state index contributed by atoms with van der Waals surface area (Å²) in [5.41, 5.74) is -1.30. The molecular weight excluding hydrogens is 352 g/mol. The van der Waals surface area contributed by atoms with Gasteiger partial charge >= 0.3 is 12.4 Å². The first-order valence-electron chi connectivity index (χ1n) is 6.09. The molecule has 0 unspecified atom stereocenters. The number of rotatable bonds is 5. The van der Waals surface area contributed by atoms with Crippen LogP contribution in [-0.2, 0) is 22.4 Å². The second-order valence-electron chi connectivity index (χ2n) is 4.65. The van der Waals surface area contributed by atoms with Crippen molar-refractivity contribution in [3.05, 3.63) is 29.3 Å². The van der Waals surface area contributed by atoms with Crippen LogP contribution in [0.3, 0.4) is 0 Å². The maximum Gasteiger partial charge on any atom is 0.393 e. The molecule has 0 aliphatic carbocycles. The summed E-state index contributed by atoms with van der Waals surface area (Å²) in [5.74, 6) is -0.883. The van der Waals surface area contributed by atoms with Crippen molar-refractivity contribution in [3.63, 3.8) is 0 Å². The predicted octanol–water partition coefficient (Wildman–Crippen LogP) is 3.99. The highest BCUT2D eigenvalue weighted by atomic mass is 35.5. The van der Waals surface area contributed by atoms with E-state index in [4.69, 9.17) is 11.6 Å². The number of anilines is 1. The van der Waals surface area contributed by atoms with E-state index in [-0.39, 0.29) is 5.69 Å². The normalized spacial score (nSPS) is 12.1. The van der Waals surface area contributed by atoms with Crippen LogP contribution in [0.1, 0.15) is 17.5 Å². The zero-order valence-electron chi connectivity index (χ0n) is 11.3. The van der Waals surface area contributed by atoms with Crippen LogP contribution in [0.15, 0.2) is 18.2 Å². The Morgan fingerprint density at radius 3 is 1.96 bits per heavy atom. The van der Waals surface area contributed by atoms with Gasteiger partial charge in [0.25, 0.3) is 0 Å². The van der Waals surface area contributed by atoms with Crippen LogP contribution in [0.4, 0.5) is 32.0 Å². The molecular formula is C13H10ClF6NO2. The van der Waals surface area contributed by atoms with Gasteiger partial charge in [-0.1, -0.05) is 6.07 Å². The highest BCUT2D eigenvalue weighted by Gasteiger charge is 2.33. The van der Waals surface area contributed by atoms with Crippen molar-refractivity contribution in [3.8, 4) is 0 Å². The fourth-order valence-corrected chi connectivity index (χ4v) is 1.93. The van der Waals surface area contributed by atoms with E-state index in [1.54, 1.807) is 0 Å². The molecule has 0 aromatic heterocycles. The van der Waals surface area contributed by atoms with Crippen molar-refractivity contribution >= 4 is 28.4 Å². The molecule has 0 aliphatic heterocycles. The number of alkyl halides is 6. The Labute approximate surface area is 131 Å². The molecule has 1 aromatic carbocycles. The molecule has 128 valence electrons. The number of carbonyl (C=O) groups is 2. The zero-order valence-corrected chi connectivity index (χ0v) is 12.1. The van der Waals surface area contributed by atoms with E-state index in [2.05, 4.69) is 5.32 Å². The van der Waals surface area contributed by atoms with Crippen LogP contribution >= 0.6 is 11.6 Å². The minimum absolute atomic E-state index is 0.155. The van der Waals surface area contributed by atoms with Crippen molar-refractivity contribution in [2.75, 3.05) is 5.32 Å². The highest BCUT2D eigenvalue weighted by Crippen LogP contribution is 2.30. The lowest BCUT2D eigenvalue weighted by Gasteiger charge is -2.15. The van der Waals surface area contributed by atoms with E-state index >= 15 is 0 Å². The molecule has 0 saturated heterocycles. The molecule has 0 saturated carbocycles. The molecule has 0 atom stereocenters. The highest BCUT2D eigenvalue weighted by molar-refractivity contribution is 6.65. The lowest BCUT2D eigenvalue weighted by molar-refractivity contribution is -0.132. The SMILES string of the molecule is O=C(Cl)CC(=O)Nc1ccc(CC(F)(F)F)c(CC(F)(F)F)c1. The van der Waals surface area contributed by atoms with E-state index in [0.717, 1.165) is 18.2 Å². The van der Waals surface area contributed by atoms with Crippen LogP contribution in [0, 0.1) is 0 Å². The molecule has 0 radical (unpaired) electrons. The van der Waals surface area contributed by atoms with Crippen molar-refractivity contribution < 1.29 is 35.9 Å². The summed E-state index contributed by atoms with van der Waals surface area (Å²) >= 11 is 4.98. The van der Waals surface area contributed by atoms with Crippen LogP contribution in [0.2, 0.25) is 0 Å². The van der Waals surface area contributed by atoms with Gasteiger partial charge < -0.3 is 5.32 Å². The molecule has 0 fully saturated rings. The molecule has 10 heteroatoms. The maximum atomic E-state index is 12.5. The number of benzene rings is 1. The van der Waals surface area contributed by atoms with Crippen molar-refractivity contribution in [1.82, 2.24) is 0 Å². The number of amides is 1. The van der Waals surface area contributed by atoms with Crippen molar-refractivity contribution in [2.24, 2.45) is 0 Å². The third-order valence-electron chi connectivity index (χ3n) is 2.57. The number of hydrogen-bond donors (Lipinski definition) is 1. The standard InChI is InChI=1S/C13H10ClF6NO2/c14-10(22)4-11(23)21-9-2-1-7(5-12(15,16)17)8(3-9)6-13(18,19)20/h1-3H,4-6H2,(H,21,23). The molecule has 3 nitrogen and oxygen atoms in total. The molecule has 0 heterocycles. The second kappa shape index (κ2) is 7.20. The van der Waals surface area contributed by atoms with Gasteiger partial charge in [0.05, 0.1) is 12.8 Å². The summed E-state index contributed by atoms with van der Waals surface area (Å²) in [6.45, 7) is 0. The summed E-state index contributed by atoms with van der Waals surface area (Å²) in [4.78, 5) is 21.9. The van der Waals surface area contributed by atoms with Gasteiger partial charge in [0.2, 0.25) is 11.1 Å². The monoisotopic (exact) mass is 361 g/mol. The molecule has 1 N–H and O–H groups in total. The van der Waals surface area contributed by atoms with E-state index < -0.39 is 53.9 Å². The summed E-state index contributed by atoms with van der Waals surface area (Å²) in [6, 6.07) is 2.68. The Balaban J connectivity index is 3.06. The van der Waals surface area contributed by atoms with Crippen LogP contribution in [-0.4, -0.2) is 23.5 Å². The second-order valence-corrected chi connectivity index (χ2v) is 5.07. The quantitative estimate of drug-likeness (QED) is 0.489. The van der Waals surface area contributed by atoms with Crippen molar-refractivity contribution in [2.45, 2.75) is 31.6 Å². The number of hydrogen-bond acceptors (Lipinski definition) is 2. The first-order valence-corrected chi connectivity index (χ1v) is 6.47. The Morgan fingerprint density at radius 2 is 1.48 bits per heavy atom. The maximum absolute atomic E-state index is 12.5. The topological polar surface area (TPSA) is 46.2 Å².